The lowest BCUT2D eigenvalue weighted by Crippen LogP contribution is -1.80. The zero-order valence-electron chi connectivity index (χ0n) is 19.7. The van der Waals surface area contributed by atoms with Gasteiger partial charge >= 0.3 is 0 Å². The van der Waals surface area contributed by atoms with E-state index in [2.05, 4.69) is 74.5 Å². The Morgan fingerprint density at radius 2 is 0.969 bits per heavy atom. The molecule has 0 amide bonds. The molecule has 0 aliphatic heterocycles. The van der Waals surface area contributed by atoms with Crippen molar-refractivity contribution in [2.45, 2.75) is 78.1 Å². The van der Waals surface area contributed by atoms with Crippen LogP contribution >= 0.6 is 22.7 Å². The highest BCUT2D eigenvalue weighted by Crippen LogP contribution is 2.34. The van der Waals surface area contributed by atoms with Gasteiger partial charge in [-0.3, -0.25) is 0 Å². The van der Waals surface area contributed by atoms with Crippen LogP contribution in [0.1, 0.15) is 75.0 Å². The number of hydrogen-bond acceptors (Lipinski definition) is 2. The standard InChI is InChI=1S/C30H36S2/c1-3-5-7-9-11-27-17-19-29(31-27)25-15-13-24-22-26(16-14-23(24)21-25)30-20-18-28(32-30)12-10-8-6-4-2/h13-22H,3-12H2,1-2H3. The van der Waals surface area contributed by atoms with E-state index in [1.165, 1.54) is 106 Å². The maximum absolute atomic E-state index is 2.36. The summed E-state index contributed by atoms with van der Waals surface area (Å²) in [6.07, 6.45) is 13.1. The van der Waals surface area contributed by atoms with Gasteiger partial charge in [0.1, 0.15) is 0 Å². The molecule has 0 spiro atoms. The maximum Gasteiger partial charge on any atom is 0.0345 e. The fraction of sp³-hybridized carbons (Fsp3) is 0.400. The van der Waals surface area contributed by atoms with E-state index in [9.17, 15) is 0 Å². The number of rotatable bonds is 12. The predicted molar refractivity (Wildman–Crippen MR) is 146 cm³/mol. The van der Waals surface area contributed by atoms with Crippen LogP contribution in [0.15, 0.2) is 60.7 Å². The van der Waals surface area contributed by atoms with Crippen molar-refractivity contribution in [3.05, 3.63) is 70.4 Å². The maximum atomic E-state index is 2.36. The molecule has 0 atom stereocenters. The highest BCUT2D eigenvalue weighted by Gasteiger charge is 2.07. The highest BCUT2D eigenvalue weighted by atomic mass is 32.1. The molecule has 4 rings (SSSR count). The Morgan fingerprint density at radius 3 is 1.41 bits per heavy atom. The molecule has 2 aromatic carbocycles. The fourth-order valence-corrected chi connectivity index (χ4v) is 6.43. The van der Waals surface area contributed by atoms with Crippen molar-refractivity contribution in [2.24, 2.45) is 0 Å². The Labute approximate surface area is 202 Å². The molecule has 0 N–H and O–H groups in total. The van der Waals surface area contributed by atoms with Crippen molar-refractivity contribution in [1.82, 2.24) is 0 Å². The second-order valence-electron chi connectivity index (χ2n) is 8.93. The Balaban J connectivity index is 1.44. The summed E-state index contributed by atoms with van der Waals surface area (Å²) in [6, 6.07) is 23.2. The summed E-state index contributed by atoms with van der Waals surface area (Å²) in [7, 11) is 0. The van der Waals surface area contributed by atoms with E-state index in [4.69, 9.17) is 0 Å². The molecule has 0 nitrogen and oxygen atoms in total. The van der Waals surface area contributed by atoms with Gasteiger partial charge in [-0.2, -0.15) is 0 Å². The molecular weight excluding hydrogens is 424 g/mol. The number of thiophene rings is 2. The van der Waals surface area contributed by atoms with Crippen molar-refractivity contribution in [3.8, 4) is 20.9 Å². The minimum Gasteiger partial charge on any atom is -0.140 e. The van der Waals surface area contributed by atoms with Crippen molar-refractivity contribution in [3.63, 3.8) is 0 Å². The molecule has 0 aliphatic carbocycles. The minimum atomic E-state index is 1.23. The average Bonchev–Trinajstić information content (AvgIpc) is 3.49. The van der Waals surface area contributed by atoms with Crippen LogP contribution in [0.2, 0.25) is 0 Å². The van der Waals surface area contributed by atoms with Crippen LogP contribution in [-0.4, -0.2) is 0 Å². The summed E-state index contributed by atoms with van der Waals surface area (Å²) in [5, 5.41) is 2.67. The molecule has 0 unspecified atom stereocenters. The molecule has 0 fully saturated rings. The Morgan fingerprint density at radius 1 is 0.500 bits per heavy atom. The first-order valence-corrected chi connectivity index (χ1v) is 14.1. The summed E-state index contributed by atoms with van der Waals surface area (Å²) in [5.74, 6) is 0. The fourth-order valence-electron chi connectivity index (χ4n) is 4.34. The molecule has 4 aromatic rings. The van der Waals surface area contributed by atoms with Gasteiger partial charge in [-0.1, -0.05) is 76.6 Å². The van der Waals surface area contributed by atoms with Gasteiger partial charge in [0.05, 0.1) is 0 Å². The highest BCUT2D eigenvalue weighted by molar-refractivity contribution is 7.15. The van der Waals surface area contributed by atoms with E-state index in [1.54, 1.807) is 0 Å². The smallest absolute Gasteiger partial charge is 0.0345 e. The minimum absolute atomic E-state index is 1.23. The second kappa shape index (κ2) is 11.8. The Bertz CT molecular complexity index is 1030. The van der Waals surface area contributed by atoms with Gasteiger partial charge in [0.15, 0.2) is 0 Å². The number of unbranched alkanes of at least 4 members (excludes halogenated alkanes) is 6. The van der Waals surface area contributed by atoms with Crippen molar-refractivity contribution >= 4 is 33.4 Å². The van der Waals surface area contributed by atoms with Crippen molar-refractivity contribution in [1.29, 1.82) is 0 Å². The van der Waals surface area contributed by atoms with Crippen LogP contribution in [0, 0.1) is 0 Å². The summed E-state index contributed by atoms with van der Waals surface area (Å²) in [4.78, 5) is 5.84. The zero-order valence-corrected chi connectivity index (χ0v) is 21.3. The summed E-state index contributed by atoms with van der Waals surface area (Å²) >= 11 is 3.93. The van der Waals surface area contributed by atoms with Gasteiger partial charge in [0.2, 0.25) is 0 Å². The average molecular weight is 461 g/mol. The van der Waals surface area contributed by atoms with E-state index in [0.717, 1.165) is 0 Å². The quantitative estimate of drug-likeness (QED) is 0.184. The van der Waals surface area contributed by atoms with E-state index in [-0.39, 0.29) is 0 Å². The van der Waals surface area contributed by atoms with Gasteiger partial charge < -0.3 is 0 Å². The third kappa shape index (κ3) is 6.11. The lowest BCUT2D eigenvalue weighted by molar-refractivity contribution is 0.670. The molecule has 2 heterocycles. The number of hydrogen-bond donors (Lipinski definition) is 0. The van der Waals surface area contributed by atoms with Crippen LogP contribution in [-0.2, 0) is 12.8 Å². The SMILES string of the molecule is CCCCCCc1ccc(-c2ccc3cc(-c4ccc(CCCCCC)s4)ccc3c2)s1. The van der Waals surface area contributed by atoms with Crippen LogP contribution in [0.3, 0.4) is 0 Å². The third-order valence-electron chi connectivity index (χ3n) is 6.29. The molecule has 0 aliphatic rings. The number of fused-ring (bicyclic) bond motifs is 1. The number of aryl methyl sites for hydroxylation is 2. The summed E-state index contributed by atoms with van der Waals surface area (Å²) < 4.78 is 0. The van der Waals surface area contributed by atoms with Crippen molar-refractivity contribution < 1.29 is 0 Å². The summed E-state index contributed by atoms with van der Waals surface area (Å²) in [6.45, 7) is 4.55. The van der Waals surface area contributed by atoms with Gasteiger partial charge in [-0.05, 0) is 84.0 Å². The number of benzene rings is 2. The molecule has 32 heavy (non-hydrogen) atoms. The van der Waals surface area contributed by atoms with Gasteiger partial charge in [-0.25, -0.2) is 0 Å². The van der Waals surface area contributed by atoms with Crippen LogP contribution < -0.4 is 0 Å². The molecular formula is C30H36S2. The first-order valence-electron chi connectivity index (χ1n) is 12.5. The molecule has 2 heteroatoms. The van der Waals surface area contributed by atoms with Gasteiger partial charge in [-0.15, -0.1) is 22.7 Å². The lowest BCUT2D eigenvalue weighted by atomic mass is 10.0. The molecule has 168 valence electrons. The predicted octanol–water partition coefficient (Wildman–Crippen LogP) is 10.5. The van der Waals surface area contributed by atoms with E-state index < -0.39 is 0 Å². The largest absolute Gasteiger partial charge is 0.140 e. The van der Waals surface area contributed by atoms with Gasteiger partial charge in [0, 0.05) is 19.5 Å². The Hall–Kier alpha value is -1.90. The third-order valence-corrected chi connectivity index (χ3v) is 8.67. The van der Waals surface area contributed by atoms with Crippen LogP contribution in [0.25, 0.3) is 31.7 Å². The topological polar surface area (TPSA) is 0 Å². The lowest BCUT2D eigenvalue weighted by Gasteiger charge is -2.05. The first-order chi connectivity index (χ1) is 15.8. The van der Waals surface area contributed by atoms with E-state index in [1.807, 2.05) is 22.7 Å². The van der Waals surface area contributed by atoms with Gasteiger partial charge in [0.25, 0.3) is 0 Å². The zero-order chi connectivity index (χ0) is 22.2. The monoisotopic (exact) mass is 460 g/mol. The van der Waals surface area contributed by atoms with Crippen molar-refractivity contribution in [2.75, 3.05) is 0 Å². The van der Waals surface area contributed by atoms with Crippen LogP contribution in [0.5, 0.6) is 0 Å². The molecule has 0 radical (unpaired) electrons. The molecule has 0 bridgehead atoms. The summed E-state index contributed by atoms with van der Waals surface area (Å²) in [5.41, 5.74) is 2.70. The first kappa shape index (κ1) is 23.3. The van der Waals surface area contributed by atoms with E-state index >= 15 is 0 Å². The second-order valence-corrected chi connectivity index (χ2v) is 11.3. The van der Waals surface area contributed by atoms with E-state index in [0.29, 0.717) is 0 Å². The van der Waals surface area contributed by atoms with Crippen LogP contribution in [0.4, 0.5) is 0 Å². The normalized spacial score (nSPS) is 11.4. The Kier molecular flexibility index (Phi) is 8.59. The molecule has 2 aromatic heterocycles. The molecule has 0 saturated heterocycles. The molecule has 0 saturated carbocycles.